The molecule has 0 bridgehead atoms. The van der Waals surface area contributed by atoms with E-state index in [4.69, 9.17) is 14.2 Å². The molecule has 0 fully saturated rings. The van der Waals surface area contributed by atoms with Gasteiger partial charge in [-0.15, -0.1) is 0 Å². The van der Waals surface area contributed by atoms with E-state index < -0.39 is 5.97 Å². The van der Waals surface area contributed by atoms with E-state index in [1.165, 1.54) is 0 Å². The highest BCUT2D eigenvalue weighted by Crippen LogP contribution is 2.28. The molecule has 0 radical (unpaired) electrons. The fraction of sp³-hybridized carbons (Fsp3) is 0.158. The predicted molar refractivity (Wildman–Crippen MR) is 91.3 cm³/mol. The summed E-state index contributed by atoms with van der Waals surface area (Å²) < 4.78 is 15.8. The van der Waals surface area contributed by atoms with Crippen molar-refractivity contribution >= 4 is 17.9 Å². The van der Waals surface area contributed by atoms with Gasteiger partial charge in [0.1, 0.15) is 11.5 Å². The lowest BCUT2D eigenvalue weighted by Gasteiger charge is -2.07. The van der Waals surface area contributed by atoms with Crippen LogP contribution in [0.25, 0.3) is 6.08 Å². The first-order valence-electron chi connectivity index (χ1n) is 7.42. The fourth-order valence-electron chi connectivity index (χ4n) is 2.40. The van der Waals surface area contributed by atoms with E-state index >= 15 is 0 Å². The average molecular weight is 323 g/mol. The largest absolute Gasteiger partial charge is 0.497 e. The van der Waals surface area contributed by atoms with Gasteiger partial charge in [-0.3, -0.25) is 0 Å². The van der Waals surface area contributed by atoms with Crippen LogP contribution < -0.4 is 9.47 Å². The van der Waals surface area contributed by atoms with Crippen LogP contribution in [0, 0.1) is 6.92 Å². The van der Waals surface area contributed by atoms with E-state index in [9.17, 15) is 4.79 Å². The number of carbonyl (C=O) groups is 1. The summed E-state index contributed by atoms with van der Waals surface area (Å²) >= 11 is 0. The molecule has 24 heavy (non-hydrogen) atoms. The van der Waals surface area contributed by atoms with Gasteiger partial charge in [-0.25, -0.2) is 9.79 Å². The van der Waals surface area contributed by atoms with Crippen LogP contribution in [0.3, 0.4) is 0 Å². The summed E-state index contributed by atoms with van der Waals surface area (Å²) in [5, 5.41) is 0. The molecule has 122 valence electrons. The number of hydrogen-bond donors (Lipinski definition) is 0. The van der Waals surface area contributed by atoms with E-state index in [0.29, 0.717) is 17.4 Å². The number of carbonyl (C=O) groups excluding carboxylic acids is 1. The van der Waals surface area contributed by atoms with Crippen molar-refractivity contribution in [2.24, 2.45) is 4.99 Å². The van der Waals surface area contributed by atoms with Gasteiger partial charge in [0.25, 0.3) is 0 Å². The normalized spacial score (nSPS) is 15.2. The van der Waals surface area contributed by atoms with Gasteiger partial charge in [0, 0.05) is 17.2 Å². The number of rotatable bonds is 4. The van der Waals surface area contributed by atoms with Crippen LogP contribution in [-0.4, -0.2) is 26.1 Å². The molecular formula is C19H17NO4. The maximum atomic E-state index is 12.1. The minimum absolute atomic E-state index is 0.231. The molecule has 3 rings (SSSR count). The van der Waals surface area contributed by atoms with Crippen molar-refractivity contribution < 1.29 is 19.0 Å². The molecule has 0 spiro atoms. The van der Waals surface area contributed by atoms with Crippen molar-refractivity contribution in [1.29, 1.82) is 0 Å². The molecule has 0 aromatic heterocycles. The first-order valence-corrected chi connectivity index (χ1v) is 7.42. The van der Waals surface area contributed by atoms with Crippen molar-refractivity contribution in [1.82, 2.24) is 0 Å². The highest BCUT2D eigenvalue weighted by atomic mass is 16.6. The number of benzene rings is 2. The SMILES string of the molecule is COc1ccc(/C=C2\N=C(c3cccc(C)c3)OC2=O)c(OC)c1. The maximum absolute atomic E-state index is 12.1. The summed E-state index contributed by atoms with van der Waals surface area (Å²) in [6, 6.07) is 13.0. The topological polar surface area (TPSA) is 57.1 Å². The third-order valence-electron chi connectivity index (χ3n) is 3.62. The Kier molecular flexibility index (Phi) is 4.33. The summed E-state index contributed by atoms with van der Waals surface area (Å²) in [5.41, 5.74) is 2.79. The van der Waals surface area contributed by atoms with Gasteiger partial charge in [-0.05, 0) is 37.3 Å². The standard InChI is InChI=1S/C19H17NO4/c1-12-5-4-6-14(9-12)18-20-16(19(21)24-18)10-13-7-8-15(22-2)11-17(13)23-3/h4-11H,1-3H3/b16-10-. The van der Waals surface area contributed by atoms with Crippen LogP contribution in [0.15, 0.2) is 53.2 Å². The monoisotopic (exact) mass is 323 g/mol. The van der Waals surface area contributed by atoms with Crippen LogP contribution in [0.4, 0.5) is 0 Å². The third-order valence-corrected chi connectivity index (χ3v) is 3.62. The lowest BCUT2D eigenvalue weighted by molar-refractivity contribution is -0.129. The summed E-state index contributed by atoms with van der Waals surface area (Å²) in [6.45, 7) is 1.97. The highest BCUT2D eigenvalue weighted by molar-refractivity contribution is 6.13. The Labute approximate surface area is 140 Å². The van der Waals surface area contributed by atoms with Crippen LogP contribution in [-0.2, 0) is 9.53 Å². The van der Waals surface area contributed by atoms with Crippen molar-refractivity contribution in [2.75, 3.05) is 14.2 Å². The molecular weight excluding hydrogens is 306 g/mol. The molecule has 2 aromatic carbocycles. The van der Waals surface area contributed by atoms with Crippen molar-refractivity contribution in [2.45, 2.75) is 6.92 Å². The van der Waals surface area contributed by atoms with Gasteiger partial charge in [-0.2, -0.15) is 0 Å². The van der Waals surface area contributed by atoms with E-state index in [2.05, 4.69) is 4.99 Å². The van der Waals surface area contributed by atoms with E-state index in [1.54, 1.807) is 38.5 Å². The van der Waals surface area contributed by atoms with Crippen molar-refractivity contribution in [3.63, 3.8) is 0 Å². The summed E-state index contributed by atoms with van der Waals surface area (Å²) in [7, 11) is 3.14. The zero-order valence-electron chi connectivity index (χ0n) is 13.7. The average Bonchev–Trinajstić information content (AvgIpc) is 2.96. The van der Waals surface area contributed by atoms with Crippen molar-refractivity contribution in [3.8, 4) is 11.5 Å². The number of nitrogens with zero attached hydrogens (tertiary/aromatic N) is 1. The molecule has 0 atom stereocenters. The molecule has 0 amide bonds. The van der Waals surface area contributed by atoms with Gasteiger partial charge in [0.05, 0.1) is 14.2 Å². The van der Waals surface area contributed by atoms with Crippen LogP contribution in [0.1, 0.15) is 16.7 Å². The second-order valence-electron chi connectivity index (χ2n) is 5.31. The Morgan fingerprint density at radius 3 is 2.62 bits per heavy atom. The number of cyclic esters (lactones) is 1. The number of hydrogen-bond acceptors (Lipinski definition) is 5. The Morgan fingerprint density at radius 1 is 1.08 bits per heavy atom. The molecule has 0 saturated heterocycles. The maximum Gasteiger partial charge on any atom is 0.363 e. The smallest absolute Gasteiger partial charge is 0.363 e. The quantitative estimate of drug-likeness (QED) is 0.639. The highest BCUT2D eigenvalue weighted by Gasteiger charge is 2.24. The lowest BCUT2D eigenvalue weighted by atomic mass is 10.1. The number of aryl methyl sites for hydroxylation is 1. The molecule has 1 heterocycles. The van der Waals surface area contributed by atoms with Crippen LogP contribution in [0.5, 0.6) is 11.5 Å². The third kappa shape index (κ3) is 3.15. The molecule has 0 unspecified atom stereocenters. The molecule has 1 aliphatic heterocycles. The fourth-order valence-corrected chi connectivity index (χ4v) is 2.40. The summed E-state index contributed by atoms with van der Waals surface area (Å²) in [4.78, 5) is 16.4. The van der Waals surface area contributed by atoms with Gasteiger partial charge in [0.2, 0.25) is 5.90 Å². The molecule has 1 aliphatic rings. The van der Waals surface area contributed by atoms with Gasteiger partial charge in [-0.1, -0.05) is 17.7 Å². The first kappa shape index (κ1) is 15.8. The zero-order valence-corrected chi connectivity index (χ0v) is 13.7. The Morgan fingerprint density at radius 2 is 1.92 bits per heavy atom. The van der Waals surface area contributed by atoms with Gasteiger partial charge >= 0.3 is 5.97 Å². The first-order chi connectivity index (χ1) is 11.6. The Balaban J connectivity index is 1.97. The van der Waals surface area contributed by atoms with Crippen LogP contribution >= 0.6 is 0 Å². The van der Waals surface area contributed by atoms with Crippen molar-refractivity contribution in [3.05, 3.63) is 64.9 Å². The van der Waals surface area contributed by atoms with Crippen LogP contribution in [0.2, 0.25) is 0 Å². The molecule has 0 N–H and O–H groups in total. The predicted octanol–water partition coefficient (Wildman–Crippen LogP) is 3.36. The number of ether oxygens (including phenoxy) is 3. The van der Waals surface area contributed by atoms with Gasteiger partial charge < -0.3 is 14.2 Å². The summed E-state index contributed by atoms with van der Waals surface area (Å²) in [5.74, 6) is 1.09. The van der Waals surface area contributed by atoms with E-state index in [1.807, 2.05) is 31.2 Å². The molecule has 5 nitrogen and oxygen atoms in total. The molecule has 5 heteroatoms. The molecule has 0 saturated carbocycles. The number of aliphatic imine (C=N–C) groups is 1. The van der Waals surface area contributed by atoms with E-state index in [-0.39, 0.29) is 5.70 Å². The minimum atomic E-state index is -0.482. The minimum Gasteiger partial charge on any atom is -0.497 e. The number of esters is 1. The second-order valence-corrected chi connectivity index (χ2v) is 5.31. The zero-order chi connectivity index (χ0) is 17.1. The second kappa shape index (κ2) is 6.58. The number of methoxy groups -OCH3 is 2. The van der Waals surface area contributed by atoms with E-state index in [0.717, 1.165) is 16.7 Å². The Bertz CT molecular complexity index is 852. The Hall–Kier alpha value is -3.08. The summed E-state index contributed by atoms with van der Waals surface area (Å²) in [6.07, 6.45) is 1.64. The molecule has 0 aliphatic carbocycles. The lowest BCUT2D eigenvalue weighted by Crippen LogP contribution is -2.05. The molecule has 2 aromatic rings. The van der Waals surface area contributed by atoms with Gasteiger partial charge in [0.15, 0.2) is 5.70 Å².